The lowest BCUT2D eigenvalue weighted by atomic mass is 10.0. The van der Waals surface area contributed by atoms with Crippen LogP contribution in [0.1, 0.15) is 19.8 Å². The lowest BCUT2D eigenvalue weighted by Crippen LogP contribution is -2.45. The number of hydrogen-bond donors (Lipinski definition) is 1. The molecule has 0 aliphatic carbocycles. The van der Waals surface area contributed by atoms with Crippen LogP contribution in [0.4, 0.5) is 4.79 Å². The molecule has 0 bridgehead atoms. The van der Waals surface area contributed by atoms with Crippen molar-refractivity contribution in [3.05, 3.63) is 0 Å². The minimum Gasteiger partial charge on any atom is -0.381 e. The molecule has 1 saturated heterocycles. The van der Waals surface area contributed by atoms with E-state index in [0.717, 1.165) is 19.4 Å². The second-order valence-corrected chi connectivity index (χ2v) is 5.03. The summed E-state index contributed by atoms with van der Waals surface area (Å²) in [7, 11) is 1.66. The van der Waals surface area contributed by atoms with E-state index in [1.54, 1.807) is 7.05 Å². The zero-order valence-electron chi connectivity index (χ0n) is 10.2. The van der Waals surface area contributed by atoms with Crippen LogP contribution >= 0.6 is 11.6 Å². The Balaban J connectivity index is 2.33. The quantitative estimate of drug-likeness (QED) is 0.778. The zero-order chi connectivity index (χ0) is 12.8. The van der Waals surface area contributed by atoms with Crippen LogP contribution in [0.5, 0.6) is 0 Å². The summed E-state index contributed by atoms with van der Waals surface area (Å²) in [5.74, 6) is -0.119. The molecular weight excluding hydrogens is 244 g/mol. The number of halogens is 1. The second kappa shape index (κ2) is 6.81. The summed E-state index contributed by atoms with van der Waals surface area (Å²) < 4.78 is 5.34. The van der Waals surface area contributed by atoms with Gasteiger partial charge in [-0.2, -0.15) is 0 Å². The molecule has 1 heterocycles. The van der Waals surface area contributed by atoms with Gasteiger partial charge < -0.3 is 9.64 Å². The largest absolute Gasteiger partial charge is 0.381 e. The molecule has 5 nitrogen and oxygen atoms in total. The summed E-state index contributed by atoms with van der Waals surface area (Å²) in [4.78, 5) is 24.4. The number of carbonyl (C=O) groups is 2. The van der Waals surface area contributed by atoms with Crippen molar-refractivity contribution in [1.29, 1.82) is 0 Å². The summed E-state index contributed by atoms with van der Waals surface area (Å²) in [6.45, 7) is 3.60. The van der Waals surface area contributed by atoms with Crippen LogP contribution < -0.4 is 5.32 Å². The van der Waals surface area contributed by atoms with E-state index in [1.807, 2.05) is 0 Å². The molecule has 6 heteroatoms. The van der Waals surface area contributed by atoms with Crippen molar-refractivity contribution in [3.8, 4) is 0 Å². The molecular formula is C11H19ClN2O3. The molecule has 2 unspecified atom stereocenters. The monoisotopic (exact) mass is 262 g/mol. The lowest BCUT2D eigenvalue weighted by molar-refractivity contribution is -0.119. The first-order chi connectivity index (χ1) is 8.00. The number of rotatable bonds is 3. The highest BCUT2D eigenvalue weighted by molar-refractivity contribution is 6.31. The summed E-state index contributed by atoms with van der Waals surface area (Å²) in [6, 6.07) is -0.409. The first-order valence-electron chi connectivity index (χ1n) is 5.78. The Labute approximate surface area is 106 Å². The van der Waals surface area contributed by atoms with E-state index in [0.29, 0.717) is 19.1 Å². The molecule has 1 rings (SSSR count). The molecule has 0 aromatic heterocycles. The van der Waals surface area contributed by atoms with Gasteiger partial charge in [-0.15, -0.1) is 11.6 Å². The van der Waals surface area contributed by atoms with Crippen LogP contribution in [0.3, 0.4) is 0 Å². The van der Waals surface area contributed by atoms with Crippen molar-refractivity contribution >= 4 is 23.5 Å². The number of nitrogens with zero attached hydrogens (tertiary/aromatic N) is 1. The first kappa shape index (κ1) is 14.3. The van der Waals surface area contributed by atoms with Gasteiger partial charge >= 0.3 is 6.03 Å². The van der Waals surface area contributed by atoms with Gasteiger partial charge in [-0.25, -0.2) is 4.79 Å². The molecule has 1 aliphatic rings. The van der Waals surface area contributed by atoms with Crippen molar-refractivity contribution in [1.82, 2.24) is 10.2 Å². The van der Waals surface area contributed by atoms with Crippen LogP contribution in [0.15, 0.2) is 0 Å². The Bertz CT molecular complexity index is 278. The van der Waals surface area contributed by atoms with Crippen molar-refractivity contribution in [2.24, 2.45) is 5.92 Å². The highest BCUT2D eigenvalue weighted by atomic mass is 35.5. The van der Waals surface area contributed by atoms with Crippen LogP contribution in [0, 0.1) is 5.92 Å². The van der Waals surface area contributed by atoms with Gasteiger partial charge in [-0.3, -0.25) is 10.1 Å². The summed E-state index contributed by atoms with van der Waals surface area (Å²) >= 11 is 5.57. The summed E-state index contributed by atoms with van der Waals surface area (Å²) in [5.41, 5.74) is 0. The minimum absolute atomic E-state index is 0.350. The SMILES string of the molecule is CC(Cl)C(=O)NC(=O)N(C)CC1CCCOC1. The van der Waals surface area contributed by atoms with Gasteiger partial charge in [0.05, 0.1) is 6.61 Å². The van der Waals surface area contributed by atoms with Gasteiger partial charge in [0, 0.05) is 26.1 Å². The molecule has 98 valence electrons. The van der Waals surface area contributed by atoms with E-state index in [9.17, 15) is 9.59 Å². The average Bonchev–Trinajstić information content (AvgIpc) is 2.29. The molecule has 1 N–H and O–H groups in total. The van der Waals surface area contributed by atoms with Gasteiger partial charge in [0.1, 0.15) is 5.38 Å². The van der Waals surface area contributed by atoms with Crippen molar-refractivity contribution < 1.29 is 14.3 Å². The Morgan fingerprint density at radius 1 is 1.59 bits per heavy atom. The molecule has 0 aromatic carbocycles. The maximum atomic E-state index is 11.6. The molecule has 0 aromatic rings. The third kappa shape index (κ3) is 4.91. The standard InChI is InChI=1S/C11H19ClN2O3/c1-8(12)10(15)13-11(16)14(2)6-9-4-3-5-17-7-9/h8-9H,3-7H2,1-2H3,(H,13,15,16). The van der Waals surface area contributed by atoms with E-state index in [2.05, 4.69) is 5.32 Å². The molecule has 0 saturated carbocycles. The van der Waals surface area contributed by atoms with Crippen LogP contribution in [-0.4, -0.2) is 49.0 Å². The van der Waals surface area contributed by atoms with Crippen molar-refractivity contribution in [3.63, 3.8) is 0 Å². The minimum atomic E-state index is -0.703. The van der Waals surface area contributed by atoms with Crippen molar-refractivity contribution in [2.45, 2.75) is 25.1 Å². The molecule has 17 heavy (non-hydrogen) atoms. The fourth-order valence-corrected chi connectivity index (χ4v) is 1.78. The third-order valence-electron chi connectivity index (χ3n) is 2.72. The molecule has 1 aliphatic heterocycles. The smallest absolute Gasteiger partial charge is 0.323 e. The Kier molecular flexibility index (Phi) is 5.71. The number of hydrogen-bond acceptors (Lipinski definition) is 3. The third-order valence-corrected chi connectivity index (χ3v) is 2.92. The summed E-state index contributed by atoms with van der Waals surface area (Å²) in [5, 5.41) is 1.54. The molecule has 3 amide bonds. The highest BCUT2D eigenvalue weighted by Gasteiger charge is 2.20. The average molecular weight is 263 g/mol. The fraction of sp³-hybridized carbons (Fsp3) is 0.818. The Morgan fingerprint density at radius 2 is 2.29 bits per heavy atom. The van der Waals surface area contributed by atoms with Crippen LogP contribution in [0.25, 0.3) is 0 Å². The summed E-state index contributed by atoms with van der Waals surface area (Å²) in [6.07, 6.45) is 2.08. The van der Waals surface area contributed by atoms with Gasteiger partial charge in [0.25, 0.3) is 0 Å². The molecule has 2 atom stereocenters. The number of urea groups is 1. The van der Waals surface area contributed by atoms with E-state index in [4.69, 9.17) is 16.3 Å². The van der Waals surface area contributed by atoms with Crippen molar-refractivity contribution in [2.75, 3.05) is 26.8 Å². The van der Waals surface area contributed by atoms with E-state index in [1.165, 1.54) is 11.8 Å². The molecule has 0 radical (unpaired) electrons. The van der Waals surface area contributed by atoms with E-state index in [-0.39, 0.29) is 0 Å². The highest BCUT2D eigenvalue weighted by Crippen LogP contribution is 2.14. The predicted octanol–water partition coefficient (Wildman–Crippen LogP) is 1.21. The van der Waals surface area contributed by atoms with Gasteiger partial charge in [0.2, 0.25) is 5.91 Å². The number of amides is 3. The predicted molar refractivity (Wildman–Crippen MR) is 65.0 cm³/mol. The first-order valence-corrected chi connectivity index (χ1v) is 6.22. The molecule has 0 spiro atoms. The van der Waals surface area contributed by atoms with Crippen LogP contribution in [-0.2, 0) is 9.53 Å². The number of ether oxygens (including phenoxy) is 1. The zero-order valence-corrected chi connectivity index (χ0v) is 11.0. The maximum Gasteiger partial charge on any atom is 0.323 e. The van der Waals surface area contributed by atoms with Gasteiger partial charge in [-0.05, 0) is 19.8 Å². The van der Waals surface area contributed by atoms with E-state index >= 15 is 0 Å². The fourth-order valence-electron chi connectivity index (χ4n) is 1.72. The normalized spacial score (nSPS) is 21.7. The Morgan fingerprint density at radius 3 is 2.82 bits per heavy atom. The molecule has 1 fully saturated rings. The van der Waals surface area contributed by atoms with Crippen LogP contribution in [0.2, 0.25) is 0 Å². The number of alkyl halides is 1. The van der Waals surface area contributed by atoms with Gasteiger partial charge in [-0.1, -0.05) is 0 Å². The van der Waals surface area contributed by atoms with Gasteiger partial charge in [0.15, 0.2) is 0 Å². The Hall–Kier alpha value is -0.810. The lowest BCUT2D eigenvalue weighted by Gasteiger charge is -2.27. The second-order valence-electron chi connectivity index (χ2n) is 4.37. The number of nitrogens with one attached hydrogen (secondary N) is 1. The maximum absolute atomic E-state index is 11.6. The van der Waals surface area contributed by atoms with E-state index < -0.39 is 17.3 Å². The number of carbonyl (C=O) groups excluding carboxylic acids is 2. The topological polar surface area (TPSA) is 58.6 Å². The number of imide groups is 1.